The summed E-state index contributed by atoms with van der Waals surface area (Å²) < 4.78 is 0. The van der Waals surface area contributed by atoms with E-state index in [0.717, 1.165) is 31.5 Å². The number of nitrogens with one attached hydrogen (secondary N) is 1. The van der Waals surface area contributed by atoms with Crippen molar-refractivity contribution in [1.82, 2.24) is 10.2 Å². The van der Waals surface area contributed by atoms with Crippen LogP contribution in [0.5, 0.6) is 0 Å². The van der Waals surface area contributed by atoms with Gasteiger partial charge in [-0.1, -0.05) is 37.3 Å². The largest absolute Gasteiger partial charge is 0.356 e. The number of nitrogens with zero attached hydrogens (tertiary/aromatic N) is 1. The van der Waals surface area contributed by atoms with E-state index in [9.17, 15) is 9.59 Å². The van der Waals surface area contributed by atoms with E-state index in [1.807, 2.05) is 42.2 Å². The summed E-state index contributed by atoms with van der Waals surface area (Å²) in [6.45, 7) is 5.63. The van der Waals surface area contributed by atoms with Gasteiger partial charge in [0.15, 0.2) is 0 Å². The first-order valence-electron chi connectivity index (χ1n) is 8.32. The van der Waals surface area contributed by atoms with Gasteiger partial charge in [-0.15, -0.1) is 0 Å². The molecule has 0 aliphatic carbocycles. The van der Waals surface area contributed by atoms with Crippen LogP contribution in [0.25, 0.3) is 0 Å². The lowest BCUT2D eigenvalue weighted by molar-refractivity contribution is -0.137. The Kier molecular flexibility index (Phi) is 6.16. The van der Waals surface area contributed by atoms with E-state index in [4.69, 9.17) is 5.73 Å². The van der Waals surface area contributed by atoms with Crippen LogP contribution in [0, 0.1) is 11.8 Å². The number of carbonyl (C=O) groups is 2. The molecule has 2 atom stereocenters. The number of likely N-dealkylation sites (tertiary alicyclic amines) is 1. The fourth-order valence-electron chi connectivity index (χ4n) is 3.05. The van der Waals surface area contributed by atoms with Gasteiger partial charge in [0.1, 0.15) is 0 Å². The van der Waals surface area contributed by atoms with Crippen LogP contribution in [-0.2, 0) is 9.59 Å². The van der Waals surface area contributed by atoms with E-state index in [-0.39, 0.29) is 23.8 Å². The highest BCUT2D eigenvalue weighted by atomic mass is 16.2. The summed E-state index contributed by atoms with van der Waals surface area (Å²) >= 11 is 0. The molecule has 23 heavy (non-hydrogen) atoms. The van der Waals surface area contributed by atoms with E-state index in [0.29, 0.717) is 12.5 Å². The first kappa shape index (κ1) is 17.5. The van der Waals surface area contributed by atoms with Crippen molar-refractivity contribution in [2.75, 3.05) is 19.6 Å². The SMILES string of the molecule is CC(=O)NCC1CCN(C(=O)C(C)C(N)c2ccccc2)CC1. The lowest BCUT2D eigenvalue weighted by Crippen LogP contribution is -2.45. The van der Waals surface area contributed by atoms with Gasteiger partial charge in [0.25, 0.3) is 0 Å². The molecule has 0 radical (unpaired) electrons. The molecule has 2 amide bonds. The second-order valence-electron chi connectivity index (χ2n) is 6.43. The zero-order valence-corrected chi connectivity index (χ0v) is 14.0. The van der Waals surface area contributed by atoms with Gasteiger partial charge in [-0.25, -0.2) is 0 Å². The van der Waals surface area contributed by atoms with Crippen LogP contribution in [0.1, 0.15) is 38.3 Å². The van der Waals surface area contributed by atoms with Gasteiger partial charge in [-0.3, -0.25) is 9.59 Å². The second-order valence-corrected chi connectivity index (χ2v) is 6.43. The summed E-state index contributed by atoms with van der Waals surface area (Å²) in [4.78, 5) is 25.5. The highest BCUT2D eigenvalue weighted by Gasteiger charge is 2.29. The summed E-state index contributed by atoms with van der Waals surface area (Å²) in [5, 5.41) is 2.86. The number of hydrogen-bond acceptors (Lipinski definition) is 3. The quantitative estimate of drug-likeness (QED) is 0.868. The minimum atomic E-state index is -0.277. The Labute approximate surface area is 138 Å². The van der Waals surface area contributed by atoms with E-state index in [1.54, 1.807) is 0 Å². The third-order valence-electron chi connectivity index (χ3n) is 4.68. The van der Waals surface area contributed by atoms with Gasteiger partial charge in [0.2, 0.25) is 11.8 Å². The number of rotatable bonds is 5. The van der Waals surface area contributed by atoms with Crippen LogP contribution in [0.2, 0.25) is 0 Å². The maximum Gasteiger partial charge on any atom is 0.227 e. The summed E-state index contributed by atoms with van der Waals surface area (Å²) in [6.07, 6.45) is 1.86. The molecule has 2 rings (SSSR count). The first-order chi connectivity index (χ1) is 11.0. The minimum Gasteiger partial charge on any atom is -0.356 e. The zero-order valence-electron chi connectivity index (χ0n) is 14.0. The number of carbonyl (C=O) groups excluding carboxylic acids is 2. The van der Waals surface area contributed by atoms with E-state index < -0.39 is 0 Å². The maximum absolute atomic E-state index is 12.7. The lowest BCUT2D eigenvalue weighted by Gasteiger charge is -2.34. The zero-order chi connectivity index (χ0) is 16.8. The molecule has 1 aliphatic rings. The Morgan fingerprint density at radius 1 is 1.26 bits per heavy atom. The highest BCUT2D eigenvalue weighted by Crippen LogP contribution is 2.24. The molecule has 1 aromatic rings. The van der Waals surface area contributed by atoms with Crippen LogP contribution in [-0.4, -0.2) is 36.3 Å². The molecule has 0 aromatic heterocycles. The average Bonchev–Trinajstić information content (AvgIpc) is 2.59. The van der Waals surface area contributed by atoms with Crippen molar-refractivity contribution in [3.63, 3.8) is 0 Å². The number of benzene rings is 1. The Balaban J connectivity index is 1.85. The molecule has 1 aromatic carbocycles. The standard InChI is InChI=1S/C18H27N3O2/c1-13(17(19)16-6-4-3-5-7-16)18(23)21-10-8-15(9-11-21)12-20-14(2)22/h3-7,13,15,17H,8-12,19H2,1-2H3,(H,20,22). The Morgan fingerprint density at radius 3 is 2.43 bits per heavy atom. The molecule has 1 heterocycles. The number of hydrogen-bond donors (Lipinski definition) is 2. The van der Waals surface area contributed by atoms with Crippen molar-refractivity contribution >= 4 is 11.8 Å². The summed E-state index contributed by atoms with van der Waals surface area (Å²) in [5.74, 6) is 0.357. The van der Waals surface area contributed by atoms with E-state index in [2.05, 4.69) is 5.32 Å². The van der Waals surface area contributed by atoms with Gasteiger partial charge in [-0.2, -0.15) is 0 Å². The second kappa shape index (κ2) is 8.11. The number of amides is 2. The van der Waals surface area contributed by atoms with Gasteiger partial charge >= 0.3 is 0 Å². The Bertz CT molecular complexity index is 524. The monoisotopic (exact) mass is 317 g/mol. The van der Waals surface area contributed by atoms with Gasteiger partial charge in [-0.05, 0) is 24.3 Å². The van der Waals surface area contributed by atoms with Crippen LogP contribution in [0.4, 0.5) is 0 Å². The predicted octanol–water partition coefficient (Wildman–Crippen LogP) is 1.70. The van der Waals surface area contributed by atoms with Crippen LogP contribution >= 0.6 is 0 Å². The first-order valence-corrected chi connectivity index (χ1v) is 8.32. The van der Waals surface area contributed by atoms with Crippen LogP contribution in [0.15, 0.2) is 30.3 Å². The smallest absolute Gasteiger partial charge is 0.227 e. The number of piperidine rings is 1. The molecule has 0 bridgehead atoms. The summed E-state index contributed by atoms with van der Waals surface area (Å²) in [7, 11) is 0. The molecule has 1 aliphatic heterocycles. The molecule has 0 spiro atoms. The molecule has 3 N–H and O–H groups in total. The molecule has 1 saturated heterocycles. The maximum atomic E-state index is 12.7. The van der Waals surface area contributed by atoms with Crippen molar-refractivity contribution in [2.45, 2.75) is 32.7 Å². The topological polar surface area (TPSA) is 75.4 Å². The lowest BCUT2D eigenvalue weighted by atomic mass is 9.91. The molecular weight excluding hydrogens is 290 g/mol. The summed E-state index contributed by atoms with van der Waals surface area (Å²) in [6, 6.07) is 9.49. The van der Waals surface area contributed by atoms with Crippen molar-refractivity contribution < 1.29 is 9.59 Å². The predicted molar refractivity (Wildman–Crippen MR) is 90.5 cm³/mol. The normalized spacial score (nSPS) is 18.3. The van der Waals surface area contributed by atoms with E-state index >= 15 is 0 Å². The van der Waals surface area contributed by atoms with Crippen molar-refractivity contribution in [2.24, 2.45) is 17.6 Å². The third kappa shape index (κ3) is 4.79. The average molecular weight is 317 g/mol. The van der Waals surface area contributed by atoms with Crippen molar-refractivity contribution in [1.29, 1.82) is 0 Å². The highest BCUT2D eigenvalue weighted by molar-refractivity contribution is 5.79. The molecule has 5 nitrogen and oxygen atoms in total. The molecule has 5 heteroatoms. The van der Waals surface area contributed by atoms with Crippen molar-refractivity contribution in [3.05, 3.63) is 35.9 Å². The number of nitrogens with two attached hydrogens (primary N) is 1. The van der Waals surface area contributed by atoms with Crippen LogP contribution < -0.4 is 11.1 Å². The van der Waals surface area contributed by atoms with Crippen LogP contribution in [0.3, 0.4) is 0 Å². The molecule has 2 unspecified atom stereocenters. The van der Waals surface area contributed by atoms with E-state index in [1.165, 1.54) is 6.92 Å². The van der Waals surface area contributed by atoms with Crippen molar-refractivity contribution in [3.8, 4) is 0 Å². The summed E-state index contributed by atoms with van der Waals surface area (Å²) in [5.41, 5.74) is 7.25. The molecule has 126 valence electrons. The minimum absolute atomic E-state index is 0.00552. The fourth-order valence-corrected chi connectivity index (χ4v) is 3.05. The third-order valence-corrected chi connectivity index (χ3v) is 4.68. The van der Waals surface area contributed by atoms with Gasteiger partial charge in [0.05, 0.1) is 5.92 Å². The van der Waals surface area contributed by atoms with Gasteiger partial charge in [0, 0.05) is 32.6 Å². The fraction of sp³-hybridized carbons (Fsp3) is 0.556. The Hall–Kier alpha value is -1.88. The van der Waals surface area contributed by atoms with Gasteiger partial charge < -0.3 is 16.0 Å². The molecular formula is C18H27N3O2. The molecule has 0 saturated carbocycles. The Morgan fingerprint density at radius 2 is 1.87 bits per heavy atom. The molecule has 1 fully saturated rings.